The Morgan fingerprint density at radius 1 is 0.442 bits per heavy atom. The summed E-state index contributed by atoms with van der Waals surface area (Å²) in [6.07, 6.45) is 16.2. The number of carbonyl (C=O) groups excluding carboxylic acids is 7. The van der Waals surface area contributed by atoms with Gasteiger partial charge in [0.25, 0.3) is 10.0 Å². The lowest BCUT2D eigenvalue weighted by atomic mass is 10.0. The molecule has 0 saturated heterocycles. The van der Waals surface area contributed by atoms with Crippen LogP contribution in [0.3, 0.4) is 0 Å². The summed E-state index contributed by atoms with van der Waals surface area (Å²) in [7, 11) is -7.09. The number of aliphatic imine (C=N–C) groups is 4. The second-order valence-electron chi connectivity index (χ2n) is 34.1. The number of anilines is 1. The number of alkyl carbamates (subject to hydrolysis) is 3. The zero-order chi connectivity index (χ0) is 95.0. The number of nitrogens with two attached hydrogens (primary N) is 1. The Balaban J connectivity index is 0.000000236. The number of carbonyl (C=O) groups is 7. The van der Waals surface area contributed by atoms with E-state index in [1.807, 2.05) is 124 Å². The lowest BCUT2D eigenvalue weighted by Gasteiger charge is -2.23. The van der Waals surface area contributed by atoms with Gasteiger partial charge in [0, 0.05) is 144 Å². The molecule has 33 heteroatoms. The number of pyridine rings is 1. The maximum Gasteiger partial charge on any atom is 0.413 e. The standard InChI is InChI=1S/C29H37N3O3S.C23H32IN3O5S.C22H30BrN3O3.C22H27N5O3S/c1-6-15-32(16-7-2)27(33)23-17-22-13-14-24(36-20-21-11-9-8-10-12-21)19-25(22)30-26(18-23)31-28(34)35-29(3,4)5;1-6-10-27(11-7-2)21(28)18-13-17-9-8-16(15-33(24,30)31)12-19(17)25-20(14-18)26-22(29)32-23(3,4)5;1-6-10-26(11-7-2)20(27)16-12-15-8-9-17(23)14-18(15)24-19(13-16)25-21(28)29-22(3,4)5;1-3-10-27(11-4-2)22(28)17-12-16-7-8-19(14-20(16)25-21(23)13-17)31(29,30)26-18-6-5-9-24-15-18/h8-14,17,19H,6-7,15-16,18,20H2,1-5H3,(H,30,31,34);8-9,12-13H,6-7,10-11,14-15H2,1-5H3,(H,25,26,29);8-9,12,14H,6-7,10-11,13H2,1-5H3,(H,24,25,28);5-9,12,14-15,26H,3-4,10-11,13H2,1-2H3,(H2,23,25). The van der Waals surface area contributed by atoms with Crippen molar-refractivity contribution < 1.29 is 64.6 Å². The average molecular weight is 2000 g/mol. The molecule has 5 aromatic carbocycles. The summed E-state index contributed by atoms with van der Waals surface area (Å²) in [6.45, 7) is 37.9. The van der Waals surface area contributed by atoms with Gasteiger partial charge in [0.15, 0.2) is 0 Å². The topological polar surface area (TPSA) is 365 Å². The number of hydrogen-bond donors (Lipinski definition) is 5. The summed E-state index contributed by atoms with van der Waals surface area (Å²) >= 11 is 6.59. The number of hydrogen-bond acceptors (Lipinski definition) is 21. The molecule has 0 radical (unpaired) electrons. The number of fused-ring (bicyclic) bond motifs is 4. The minimum atomic E-state index is -3.83. The van der Waals surface area contributed by atoms with E-state index in [0.29, 0.717) is 126 Å². The third kappa shape index (κ3) is 35.8. The number of thioether (sulfide) groups is 1. The maximum atomic E-state index is 13.5. The number of amides is 7. The van der Waals surface area contributed by atoms with Crippen molar-refractivity contribution in [2.45, 2.75) is 233 Å². The van der Waals surface area contributed by atoms with E-state index < -0.39 is 52.1 Å². The molecule has 28 nitrogen and oxygen atoms in total. The summed E-state index contributed by atoms with van der Waals surface area (Å²) in [4.78, 5) is 121. The number of benzene rings is 5. The molecule has 6 aromatic rings. The van der Waals surface area contributed by atoms with E-state index in [9.17, 15) is 50.4 Å². The summed E-state index contributed by atoms with van der Waals surface area (Å²) in [5, 5.41) is 8.19. The molecule has 6 N–H and O–H groups in total. The van der Waals surface area contributed by atoms with E-state index in [2.05, 4.69) is 102 Å². The monoisotopic (exact) mass is 2000 g/mol. The summed E-state index contributed by atoms with van der Waals surface area (Å²) in [5.41, 5.74) is 13.9. The second-order valence-corrected chi connectivity index (χ2v) is 43.1. The van der Waals surface area contributed by atoms with Gasteiger partial charge in [-0.2, -0.15) is 0 Å². The first-order valence-electron chi connectivity index (χ1n) is 43.7. The van der Waals surface area contributed by atoms with Crippen LogP contribution in [0.1, 0.15) is 228 Å². The van der Waals surface area contributed by atoms with Crippen molar-refractivity contribution in [2.24, 2.45) is 25.7 Å². The Morgan fingerprint density at radius 2 is 0.806 bits per heavy atom. The Bertz CT molecular complexity index is 5420. The maximum absolute atomic E-state index is 13.5. The Hall–Kier alpha value is -10.4. The van der Waals surface area contributed by atoms with Gasteiger partial charge >= 0.3 is 18.3 Å². The molecule has 129 heavy (non-hydrogen) atoms. The highest BCUT2D eigenvalue weighted by molar-refractivity contribution is 14.2. The van der Waals surface area contributed by atoms with Crippen LogP contribution in [-0.4, -0.2) is 176 Å². The van der Waals surface area contributed by atoms with Crippen LogP contribution in [0.5, 0.6) is 0 Å². The zero-order valence-electron chi connectivity index (χ0n) is 77.3. The fourth-order valence-corrected chi connectivity index (χ4v) is 17.6. The van der Waals surface area contributed by atoms with Crippen LogP contribution in [0.15, 0.2) is 184 Å². The molecule has 4 aliphatic rings. The van der Waals surface area contributed by atoms with Gasteiger partial charge in [-0.3, -0.25) is 44.8 Å². The molecule has 10 rings (SSSR count). The van der Waals surface area contributed by atoms with Gasteiger partial charge < -0.3 is 39.5 Å². The van der Waals surface area contributed by atoms with E-state index in [1.54, 1.807) is 113 Å². The molecule has 7 amide bonds. The third-order valence-electron chi connectivity index (χ3n) is 18.8. The molecule has 696 valence electrons. The van der Waals surface area contributed by atoms with Gasteiger partial charge in [-0.15, -0.1) is 11.8 Å². The predicted octanol–water partition coefficient (Wildman–Crippen LogP) is 20.7. The highest BCUT2D eigenvalue weighted by atomic mass is 127. The molecule has 1 aromatic heterocycles. The molecular formula is C96H126BrIN14O14S3. The number of nitrogens with one attached hydrogen (secondary N) is 4. The number of ether oxygens (including phenoxy) is 3. The quantitative estimate of drug-likeness (QED) is 0.0132. The lowest BCUT2D eigenvalue weighted by Crippen LogP contribution is -2.38. The third-order valence-corrected chi connectivity index (χ3v) is 23.4. The number of aromatic nitrogens is 1. The van der Waals surface area contributed by atoms with E-state index >= 15 is 0 Å². The van der Waals surface area contributed by atoms with Crippen LogP contribution >= 0.6 is 48.9 Å². The lowest BCUT2D eigenvalue weighted by molar-refractivity contribution is -0.128. The van der Waals surface area contributed by atoms with Gasteiger partial charge in [-0.1, -0.05) is 132 Å². The van der Waals surface area contributed by atoms with E-state index in [-0.39, 0.29) is 71.6 Å². The average Bonchev–Trinajstić information content (AvgIpc) is 1.78. The molecule has 0 saturated carbocycles. The van der Waals surface area contributed by atoms with Gasteiger partial charge in [0.05, 0.1) is 66.5 Å². The molecule has 0 bridgehead atoms. The Morgan fingerprint density at radius 3 is 1.19 bits per heavy atom. The van der Waals surface area contributed by atoms with Gasteiger partial charge in [-0.05, 0) is 204 Å². The number of nitrogens with zero attached hydrogens (tertiary/aromatic N) is 9. The van der Waals surface area contributed by atoms with E-state index in [0.717, 1.165) is 83.3 Å². The van der Waals surface area contributed by atoms with Crippen LogP contribution in [0.2, 0.25) is 0 Å². The first kappa shape index (κ1) is 106. The van der Waals surface area contributed by atoms with Crippen LogP contribution in [-0.2, 0) is 61.9 Å². The summed E-state index contributed by atoms with van der Waals surface area (Å²) < 4.78 is 68.5. The number of halogens is 2. The van der Waals surface area contributed by atoms with Crippen molar-refractivity contribution in [2.75, 3.05) is 57.1 Å². The van der Waals surface area contributed by atoms with Gasteiger partial charge in [-0.25, -0.2) is 51.2 Å². The van der Waals surface area contributed by atoms with Gasteiger partial charge in [0.1, 0.15) is 40.1 Å². The Kier molecular flexibility index (Phi) is 41.1. The Labute approximate surface area is 786 Å². The van der Waals surface area contributed by atoms with Crippen molar-refractivity contribution in [1.82, 2.24) is 40.5 Å². The van der Waals surface area contributed by atoms with Gasteiger partial charge in [0.2, 0.25) is 30.6 Å². The SMILES string of the molecule is CCCN(CCC)C(=O)C1=Cc2ccc(Br)cc2N=C(NC(=O)OC(C)(C)C)C1.CCCN(CCC)C(=O)C1=Cc2ccc(CS(=O)(=O)I)cc2N=C(NC(=O)OC(C)(C)C)C1.CCCN(CCC)C(=O)C1=Cc2ccc(S(=O)(=O)Nc3cccnc3)cc2N=C(N)C1.CCCN(CCC)C(=O)C1=Cc2ccc(SCc3ccccc3)cc2N=C(NC(=O)OC(C)(C)C)C1. The predicted molar refractivity (Wildman–Crippen MR) is 531 cm³/mol. The van der Waals surface area contributed by atoms with Crippen molar-refractivity contribution in [1.29, 1.82) is 0 Å². The fourth-order valence-electron chi connectivity index (χ4n) is 13.7. The van der Waals surface area contributed by atoms with Crippen LogP contribution in [0.4, 0.5) is 42.8 Å². The minimum Gasteiger partial charge on any atom is -0.444 e. The molecule has 4 aliphatic heterocycles. The largest absolute Gasteiger partial charge is 0.444 e. The molecule has 5 heterocycles. The molecule has 0 spiro atoms. The fraction of sp³-hybridized carbons (Fsp3) is 0.438. The van der Waals surface area contributed by atoms with Crippen LogP contribution < -0.4 is 26.4 Å². The van der Waals surface area contributed by atoms with E-state index in [1.165, 1.54) is 45.1 Å². The van der Waals surface area contributed by atoms with Crippen molar-refractivity contribution >= 4 is 184 Å². The number of rotatable bonds is 28. The molecule has 0 aliphatic carbocycles. The summed E-state index contributed by atoms with van der Waals surface area (Å²) in [5.74, 6) is 1.82. The van der Waals surface area contributed by atoms with Crippen molar-refractivity contribution in [3.63, 3.8) is 0 Å². The molecular weight excluding hydrogens is 1880 g/mol. The highest BCUT2D eigenvalue weighted by Gasteiger charge is 2.31. The number of amidine groups is 4. The smallest absolute Gasteiger partial charge is 0.413 e. The molecule has 0 unspecified atom stereocenters. The normalized spacial score (nSPS) is 13.5. The van der Waals surface area contributed by atoms with Crippen molar-refractivity contribution in [3.8, 4) is 0 Å². The second kappa shape index (κ2) is 50.2. The highest BCUT2D eigenvalue weighted by Crippen LogP contribution is 2.37. The van der Waals surface area contributed by atoms with Crippen LogP contribution in [0.25, 0.3) is 24.3 Å². The summed E-state index contributed by atoms with van der Waals surface area (Å²) in [6, 6.07) is 35.1. The number of sulfonamides is 1. The van der Waals surface area contributed by atoms with Crippen molar-refractivity contribution in [3.05, 3.63) is 188 Å². The first-order valence-corrected chi connectivity index (χ1v) is 51.2. The van der Waals surface area contributed by atoms with Crippen LogP contribution in [0, 0.1) is 0 Å². The zero-order valence-corrected chi connectivity index (χ0v) is 83.5. The van der Waals surface area contributed by atoms with E-state index in [4.69, 9.17) is 24.9 Å². The first-order chi connectivity index (χ1) is 60.9. The molecule has 0 fully saturated rings. The minimum absolute atomic E-state index is 0.0206. The molecule has 0 atom stereocenters.